The number of hydrogen-bond donors (Lipinski definition) is 1. The third-order valence-corrected chi connectivity index (χ3v) is 7.66. The van der Waals surface area contributed by atoms with Crippen molar-refractivity contribution in [2.24, 2.45) is 0 Å². The number of carbonyl (C=O) groups is 1. The average Bonchev–Trinajstić information content (AvgIpc) is 3.43. The van der Waals surface area contributed by atoms with E-state index in [4.69, 9.17) is 9.47 Å². The molecule has 2 aliphatic carbocycles. The molecule has 1 heterocycles. The van der Waals surface area contributed by atoms with E-state index < -0.39 is 14.0 Å². The predicted octanol–water partition coefficient (Wildman–Crippen LogP) is 4.10. The van der Waals surface area contributed by atoms with Crippen LogP contribution in [0.1, 0.15) is 45.7 Å². The summed E-state index contributed by atoms with van der Waals surface area (Å²) in [4.78, 5) is 16.5. The Kier molecular flexibility index (Phi) is 5.97. The van der Waals surface area contributed by atoms with Crippen LogP contribution in [0.3, 0.4) is 0 Å². The summed E-state index contributed by atoms with van der Waals surface area (Å²) in [5.74, 6) is 0.0539. The van der Waals surface area contributed by atoms with Gasteiger partial charge in [0.1, 0.15) is 6.73 Å². The largest absolute Gasteiger partial charge is 0.463 e. The highest BCUT2D eigenvalue weighted by atomic mass is 28.3. The SMILES string of the molecule is COC(=O)c1nc(Nc2c3c(cc4c2CCC4)CCC3)n(COCC[Si](C)(C)C)n1. The van der Waals surface area contributed by atoms with Crippen molar-refractivity contribution in [3.05, 3.63) is 34.1 Å². The molecule has 2 aromatic rings. The lowest BCUT2D eigenvalue weighted by atomic mass is 9.99. The van der Waals surface area contributed by atoms with Crippen molar-refractivity contribution in [3.63, 3.8) is 0 Å². The number of aryl methyl sites for hydroxylation is 2. The van der Waals surface area contributed by atoms with Gasteiger partial charge in [-0.1, -0.05) is 25.7 Å². The van der Waals surface area contributed by atoms with Crippen LogP contribution < -0.4 is 5.32 Å². The zero-order valence-corrected chi connectivity index (χ0v) is 19.5. The second-order valence-corrected chi connectivity index (χ2v) is 15.1. The van der Waals surface area contributed by atoms with Crippen LogP contribution in [0, 0.1) is 0 Å². The van der Waals surface area contributed by atoms with Crippen molar-refractivity contribution >= 4 is 25.7 Å². The van der Waals surface area contributed by atoms with Crippen LogP contribution in [0.4, 0.5) is 11.6 Å². The van der Waals surface area contributed by atoms with Crippen LogP contribution >= 0.6 is 0 Å². The van der Waals surface area contributed by atoms with Crippen molar-refractivity contribution in [2.45, 2.75) is 70.9 Å². The summed E-state index contributed by atoms with van der Waals surface area (Å²) in [5.41, 5.74) is 6.85. The maximum absolute atomic E-state index is 12.0. The summed E-state index contributed by atoms with van der Waals surface area (Å²) in [6.45, 7) is 7.91. The standard InChI is InChI=1S/C22H32N4O3Si/c1-28-21(27)20-24-22(26(25-20)14-29-11-12-30(2,3)4)23-19-17-9-5-7-15(17)13-16-8-6-10-18(16)19/h13H,5-12,14H2,1-4H3,(H,23,24,25). The number of nitrogens with one attached hydrogen (secondary N) is 1. The molecular formula is C22H32N4O3Si. The maximum atomic E-state index is 12.0. The first kappa shape index (κ1) is 21.1. The summed E-state index contributed by atoms with van der Waals surface area (Å²) in [6, 6.07) is 3.48. The molecule has 0 radical (unpaired) electrons. The molecule has 0 fully saturated rings. The molecule has 0 aliphatic heterocycles. The average molecular weight is 429 g/mol. The van der Waals surface area contributed by atoms with Gasteiger partial charge >= 0.3 is 5.97 Å². The van der Waals surface area contributed by atoms with Crippen LogP contribution in [0.2, 0.25) is 25.7 Å². The van der Waals surface area contributed by atoms with Gasteiger partial charge < -0.3 is 14.8 Å². The number of hydrogen-bond acceptors (Lipinski definition) is 6. The number of benzene rings is 1. The summed E-state index contributed by atoms with van der Waals surface area (Å²) in [6.07, 6.45) is 6.80. The highest BCUT2D eigenvalue weighted by molar-refractivity contribution is 6.76. The van der Waals surface area contributed by atoms with Crippen molar-refractivity contribution in [3.8, 4) is 0 Å². The third kappa shape index (κ3) is 4.44. The first-order valence-corrected chi connectivity index (χ1v) is 14.6. The second kappa shape index (κ2) is 8.51. The molecule has 0 saturated carbocycles. The minimum atomic E-state index is -1.17. The summed E-state index contributed by atoms with van der Waals surface area (Å²) in [5, 5.41) is 7.89. The third-order valence-electron chi connectivity index (χ3n) is 5.96. The zero-order chi connectivity index (χ0) is 21.3. The Morgan fingerprint density at radius 1 is 1.13 bits per heavy atom. The molecule has 2 aliphatic rings. The van der Waals surface area contributed by atoms with Gasteiger partial charge in [-0.3, -0.25) is 0 Å². The number of methoxy groups -OCH3 is 1. The first-order chi connectivity index (χ1) is 14.4. The van der Waals surface area contributed by atoms with Gasteiger partial charge in [0.15, 0.2) is 0 Å². The van der Waals surface area contributed by atoms with Gasteiger partial charge in [-0.15, -0.1) is 5.10 Å². The van der Waals surface area contributed by atoms with E-state index in [1.807, 2.05) is 0 Å². The van der Waals surface area contributed by atoms with E-state index in [0.29, 0.717) is 12.6 Å². The first-order valence-electron chi connectivity index (χ1n) is 10.9. The lowest BCUT2D eigenvalue weighted by molar-refractivity contribution is 0.0578. The molecule has 30 heavy (non-hydrogen) atoms. The van der Waals surface area contributed by atoms with Crippen LogP contribution in [0.15, 0.2) is 6.07 Å². The maximum Gasteiger partial charge on any atom is 0.378 e. The zero-order valence-electron chi connectivity index (χ0n) is 18.5. The number of nitrogens with zero attached hydrogens (tertiary/aromatic N) is 3. The van der Waals surface area contributed by atoms with E-state index >= 15 is 0 Å². The van der Waals surface area contributed by atoms with Gasteiger partial charge in [0.25, 0.3) is 5.82 Å². The quantitative estimate of drug-likeness (QED) is 0.387. The lowest BCUT2D eigenvalue weighted by Gasteiger charge is -2.18. The van der Waals surface area contributed by atoms with Crippen LogP contribution in [0.5, 0.6) is 0 Å². The van der Waals surface area contributed by atoms with Gasteiger partial charge in [-0.05, 0) is 66.8 Å². The normalized spacial score (nSPS) is 15.2. The summed E-state index contributed by atoms with van der Waals surface area (Å²) >= 11 is 0. The molecule has 1 N–H and O–H groups in total. The van der Waals surface area contributed by atoms with Crippen LogP contribution in [0.25, 0.3) is 0 Å². The molecule has 0 saturated heterocycles. The Morgan fingerprint density at radius 2 is 1.80 bits per heavy atom. The monoisotopic (exact) mass is 428 g/mol. The minimum absolute atomic E-state index is 0.0537. The van der Waals surface area contributed by atoms with E-state index in [0.717, 1.165) is 31.7 Å². The Bertz CT molecular complexity index is 917. The minimum Gasteiger partial charge on any atom is -0.463 e. The summed E-state index contributed by atoms with van der Waals surface area (Å²) in [7, 11) is 0.173. The molecule has 162 valence electrons. The van der Waals surface area contributed by atoms with E-state index in [2.05, 4.69) is 41.1 Å². The van der Waals surface area contributed by atoms with Crippen molar-refractivity contribution in [1.29, 1.82) is 0 Å². The number of rotatable bonds is 8. The van der Waals surface area contributed by atoms with Crippen LogP contribution in [-0.2, 0) is 41.9 Å². The molecule has 1 aromatic heterocycles. The highest BCUT2D eigenvalue weighted by Crippen LogP contribution is 2.39. The topological polar surface area (TPSA) is 78.3 Å². The van der Waals surface area contributed by atoms with Gasteiger partial charge in [0.05, 0.1) is 7.11 Å². The van der Waals surface area contributed by atoms with Gasteiger partial charge in [-0.25, -0.2) is 9.48 Å². The van der Waals surface area contributed by atoms with E-state index in [-0.39, 0.29) is 12.6 Å². The van der Waals surface area contributed by atoms with Gasteiger partial charge in [0, 0.05) is 20.4 Å². The molecule has 0 unspecified atom stereocenters. The molecule has 8 heteroatoms. The molecular weight excluding hydrogens is 396 g/mol. The fraction of sp³-hybridized carbons (Fsp3) is 0.591. The van der Waals surface area contributed by atoms with Gasteiger partial charge in [0.2, 0.25) is 5.95 Å². The Balaban J connectivity index is 1.61. The number of esters is 1. The molecule has 0 bridgehead atoms. The van der Waals surface area contributed by atoms with E-state index in [9.17, 15) is 4.79 Å². The van der Waals surface area contributed by atoms with Crippen molar-refractivity contribution in [1.82, 2.24) is 14.8 Å². The fourth-order valence-electron chi connectivity index (χ4n) is 4.31. The fourth-order valence-corrected chi connectivity index (χ4v) is 5.07. The van der Waals surface area contributed by atoms with Gasteiger partial charge in [-0.2, -0.15) is 4.98 Å². The van der Waals surface area contributed by atoms with E-state index in [1.165, 1.54) is 47.9 Å². The molecule has 0 amide bonds. The highest BCUT2D eigenvalue weighted by Gasteiger charge is 2.26. The van der Waals surface area contributed by atoms with E-state index in [1.54, 1.807) is 4.68 Å². The summed E-state index contributed by atoms with van der Waals surface area (Å²) < 4.78 is 12.4. The molecule has 0 atom stereocenters. The molecule has 1 aromatic carbocycles. The van der Waals surface area contributed by atoms with Crippen LogP contribution in [-0.4, -0.2) is 42.5 Å². The number of fused-ring (bicyclic) bond motifs is 2. The number of carbonyl (C=O) groups excluding carboxylic acids is 1. The second-order valence-electron chi connectivity index (χ2n) is 9.46. The smallest absolute Gasteiger partial charge is 0.378 e. The predicted molar refractivity (Wildman–Crippen MR) is 119 cm³/mol. The van der Waals surface area contributed by atoms with Crippen molar-refractivity contribution < 1.29 is 14.3 Å². The molecule has 4 rings (SSSR count). The lowest BCUT2D eigenvalue weighted by Crippen LogP contribution is -2.22. The Labute approximate surface area is 179 Å². The number of aromatic nitrogens is 3. The Hall–Kier alpha value is -2.19. The molecule has 0 spiro atoms. The molecule has 7 nitrogen and oxygen atoms in total. The Morgan fingerprint density at radius 3 is 2.40 bits per heavy atom. The number of ether oxygens (including phenoxy) is 2. The number of anilines is 2. The van der Waals surface area contributed by atoms with Crippen molar-refractivity contribution in [2.75, 3.05) is 19.0 Å².